The second-order valence-electron chi connectivity index (χ2n) is 3.79. The number of rotatable bonds is 0. The Bertz CT molecular complexity index is 173. The minimum absolute atomic E-state index is 0.560. The zero-order chi connectivity index (χ0) is 6.28. The molecule has 0 heterocycles. The molecule has 0 aromatic rings. The summed E-state index contributed by atoms with van der Waals surface area (Å²) < 4.78 is 1.12. The first-order valence-electron chi connectivity index (χ1n) is 3.55. The van der Waals surface area contributed by atoms with E-state index in [-0.39, 0.29) is 0 Å². The number of hydrogen-bond donors (Lipinski definition) is 0. The van der Waals surface area contributed by atoms with Gasteiger partial charge in [0, 0.05) is 8.65 Å². The molecule has 4 fully saturated rings. The summed E-state index contributed by atoms with van der Waals surface area (Å²) in [5, 5.41) is 0. The molecular formula is C7H8Br2. The smallest absolute Gasteiger partial charge is 0.0458 e. The van der Waals surface area contributed by atoms with Crippen molar-refractivity contribution in [3.63, 3.8) is 0 Å². The Morgan fingerprint density at radius 3 is 1.78 bits per heavy atom. The van der Waals surface area contributed by atoms with Crippen LogP contribution in [-0.2, 0) is 0 Å². The highest BCUT2D eigenvalue weighted by Crippen LogP contribution is 2.83. The SMILES string of the molecule is BrC12CC3CC1C2(Br)C3. The highest BCUT2D eigenvalue weighted by molar-refractivity contribution is 9.13. The van der Waals surface area contributed by atoms with Crippen LogP contribution in [0.5, 0.6) is 0 Å². The summed E-state index contributed by atoms with van der Waals surface area (Å²) in [4.78, 5) is 0. The Hall–Kier alpha value is 0.960. The molecule has 9 heavy (non-hydrogen) atoms. The van der Waals surface area contributed by atoms with Crippen LogP contribution in [0.1, 0.15) is 19.3 Å². The lowest BCUT2D eigenvalue weighted by Crippen LogP contribution is -2.02. The summed E-state index contributed by atoms with van der Waals surface area (Å²) in [5.41, 5.74) is 0. The van der Waals surface area contributed by atoms with E-state index in [0.29, 0.717) is 8.65 Å². The molecule has 4 aliphatic rings. The van der Waals surface area contributed by atoms with Crippen molar-refractivity contribution >= 4 is 31.9 Å². The summed E-state index contributed by atoms with van der Waals surface area (Å²) in [6.45, 7) is 0. The minimum atomic E-state index is 0.560. The van der Waals surface area contributed by atoms with Crippen molar-refractivity contribution in [3.05, 3.63) is 0 Å². The molecule has 0 radical (unpaired) electrons. The van der Waals surface area contributed by atoms with Crippen molar-refractivity contribution in [3.8, 4) is 0 Å². The molecule has 0 amide bonds. The van der Waals surface area contributed by atoms with Gasteiger partial charge in [-0.15, -0.1) is 0 Å². The molecule has 2 atom stereocenters. The second-order valence-corrected chi connectivity index (χ2v) is 6.62. The highest BCUT2D eigenvalue weighted by atomic mass is 79.9. The minimum Gasteiger partial charge on any atom is -0.0834 e. The quantitative estimate of drug-likeness (QED) is 0.581. The fourth-order valence-electron chi connectivity index (χ4n) is 3.02. The van der Waals surface area contributed by atoms with Crippen LogP contribution < -0.4 is 0 Å². The first-order valence-corrected chi connectivity index (χ1v) is 5.13. The van der Waals surface area contributed by atoms with Crippen LogP contribution >= 0.6 is 31.9 Å². The van der Waals surface area contributed by atoms with E-state index >= 15 is 0 Å². The van der Waals surface area contributed by atoms with E-state index in [2.05, 4.69) is 31.9 Å². The summed E-state index contributed by atoms with van der Waals surface area (Å²) in [7, 11) is 0. The van der Waals surface area contributed by atoms with Gasteiger partial charge in [-0.1, -0.05) is 31.9 Å². The zero-order valence-electron chi connectivity index (χ0n) is 5.03. The molecule has 0 aromatic heterocycles. The summed E-state index contributed by atoms with van der Waals surface area (Å²) >= 11 is 7.67. The maximum absolute atomic E-state index is 3.83. The maximum Gasteiger partial charge on any atom is 0.0458 e. The molecule has 0 aromatic carbocycles. The summed E-state index contributed by atoms with van der Waals surface area (Å²) in [6.07, 6.45) is 4.35. The third-order valence-electron chi connectivity index (χ3n) is 3.45. The topological polar surface area (TPSA) is 0 Å². The molecular weight excluding hydrogens is 244 g/mol. The third kappa shape index (κ3) is 0.376. The van der Waals surface area contributed by atoms with Gasteiger partial charge in [-0.2, -0.15) is 0 Å². The first kappa shape index (κ1) is 5.59. The van der Waals surface area contributed by atoms with Gasteiger partial charge in [0.2, 0.25) is 0 Å². The van der Waals surface area contributed by atoms with Gasteiger partial charge in [-0.3, -0.25) is 0 Å². The molecule has 4 saturated carbocycles. The second kappa shape index (κ2) is 1.18. The average Bonchev–Trinajstić information content (AvgIpc) is 2.12. The van der Waals surface area contributed by atoms with Crippen molar-refractivity contribution in [2.75, 3.05) is 0 Å². The van der Waals surface area contributed by atoms with Crippen LogP contribution in [0.2, 0.25) is 0 Å². The Balaban J connectivity index is 2.18. The van der Waals surface area contributed by atoms with Crippen molar-refractivity contribution < 1.29 is 0 Å². The van der Waals surface area contributed by atoms with Gasteiger partial charge in [0.15, 0.2) is 0 Å². The molecule has 2 heteroatoms. The number of halogens is 2. The molecule has 4 rings (SSSR count). The van der Waals surface area contributed by atoms with Gasteiger partial charge in [0.1, 0.15) is 0 Å². The zero-order valence-corrected chi connectivity index (χ0v) is 8.20. The van der Waals surface area contributed by atoms with Gasteiger partial charge in [0.25, 0.3) is 0 Å². The lowest BCUT2D eigenvalue weighted by atomic mass is 10.1. The normalized spacial score (nSPS) is 75.3. The van der Waals surface area contributed by atoms with Crippen molar-refractivity contribution in [2.24, 2.45) is 11.8 Å². The Morgan fingerprint density at radius 1 is 1.11 bits per heavy atom. The Kier molecular flexibility index (Phi) is 0.731. The third-order valence-corrected chi connectivity index (χ3v) is 7.15. The van der Waals surface area contributed by atoms with Crippen LogP contribution in [0.3, 0.4) is 0 Å². The molecule has 0 nitrogen and oxygen atoms in total. The first-order chi connectivity index (χ1) is 4.17. The van der Waals surface area contributed by atoms with Crippen LogP contribution in [0.15, 0.2) is 0 Å². The van der Waals surface area contributed by atoms with E-state index in [1.54, 1.807) is 0 Å². The van der Waals surface area contributed by atoms with Gasteiger partial charge < -0.3 is 0 Å². The fourth-order valence-corrected chi connectivity index (χ4v) is 6.04. The monoisotopic (exact) mass is 250 g/mol. The van der Waals surface area contributed by atoms with E-state index in [1.807, 2.05) is 0 Å². The Labute approximate surface area is 71.6 Å². The number of hydrogen-bond acceptors (Lipinski definition) is 0. The summed E-state index contributed by atoms with van der Waals surface area (Å²) in [6, 6.07) is 0. The van der Waals surface area contributed by atoms with Crippen LogP contribution in [-0.4, -0.2) is 8.65 Å². The van der Waals surface area contributed by atoms with Crippen molar-refractivity contribution in [2.45, 2.75) is 27.9 Å². The average molecular weight is 252 g/mol. The molecule has 0 N–H and O–H groups in total. The van der Waals surface area contributed by atoms with Crippen LogP contribution in [0.25, 0.3) is 0 Å². The van der Waals surface area contributed by atoms with Crippen molar-refractivity contribution in [1.82, 2.24) is 0 Å². The van der Waals surface area contributed by atoms with Crippen molar-refractivity contribution in [1.29, 1.82) is 0 Å². The molecule has 4 bridgehead atoms. The molecule has 2 unspecified atom stereocenters. The van der Waals surface area contributed by atoms with E-state index in [0.717, 1.165) is 11.8 Å². The standard InChI is InChI=1S/C7H8Br2/c8-6-2-4-1-5(6)7(6,9)3-4/h4-5H,1-3H2. The molecule has 0 aliphatic heterocycles. The van der Waals surface area contributed by atoms with Crippen LogP contribution in [0.4, 0.5) is 0 Å². The van der Waals surface area contributed by atoms with Gasteiger partial charge in [0.05, 0.1) is 0 Å². The Morgan fingerprint density at radius 2 is 1.67 bits per heavy atom. The molecule has 4 aliphatic carbocycles. The van der Waals surface area contributed by atoms with Gasteiger partial charge >= 0.3 is 0 Å². The predicted octanol–water partition coefficient (Wildman–Crippen LogP) is 2.70. The highest BCUT2D eigenvalue weighted by Gasteiger charge is 2.83. The van der Waals surface area contributed by atoms with E-state index in [1.165, 1.54) is 19.3 Å². The van der Waals surface area contributed by atoms with Gasteiger partial charge in [-0.25, -0.2) is 0 Å². The lowest BCUT2D eigenvalue weighted by molar-refractivity contribution is 0.607. The van der Waals surface area contributed by atoms with E-state index < -0.39 is 0 Å². The molecule has 50 valence electrons. The molecule has 0 spiro atoms. The predicted molar refractivity (Wildman–Crippen MR) is 44.1 cm³/mol. The van der Waals surface area contributed by atoms with E-state index in [4.69, 9.17) is 0 Å². The lowest BCUT2D eigenvalue weighted by Gasteiger charge is -1.99. The fraction of sp³-hybridized carbons (Fsp3) is 1.00. The summed E-state index contributed by atoms with van der Waals surface area (Å²) in [5.74, 6) is 2.03. The largest absolute Gasteiger partial charge is 0.0834 e. The maximum atomic E-state index is 3.83. The van der Waals surface area contributed by atoms with Crippen LogP contribution in [0, 0.1) is 11.8 Å². The number of alkyl halides is 2. The van der Waals surface area contributed by atoms with E-state index in [9.17, 15) is 0 Å². The van der Waals surface area contributed by atoms with Gasteiger partial charge in [-0.05, 0) is 31.1 Å². The molecule has 0 saturated heterocycles.